The van der Waals surface area contributed by atoms with Crippen molar-refractivity contribution < 1.29 is 8.42 Å². The van der Waals surface area contributed by atoms with Gasteiger partial charge in [0.2, 0.25) is 10.0 Å². The molecule has 112 valence electrons. The Hall–Kier alpha value is -0.870. The number of sulfonamides is 1. The fourth-order valence-corrected chi connectivity index (χ4v) is 4.69. The molecule has 2 atom stereocenters. The molecule has 20 heavy (non-hydrogen) atoms. The monoisotopic (exact) mass is 295 g/mol. The van der Waals surface area contributed by atoms with Gasteiger partial charge in [-0.3, -0.25) is 0 Å². The molecule has 2 unspecified atom stereocenters. The maximum absolute atomic E-state index is 12.4. The Morgan fingerprint density at radius 3 is 2.60 bits per heavy atom. The van der Waals surface area contributed by atoms with Crippen LogP contribution in [0.1, 0.15) is 50.2 Å². The van der Waals surface area contributed by atoms with E-state index in [1.165, 1.54) is 6.42 Å². The fourth-order valence-electron chi connectivity index (χ4n) is 3.10. The molecule has 1 N–H and O–H groups in total. The lowest BCUT2D eigenvalue weighted by Gasteiger charge is -2.31. The second-order valence-corrected chi connectivity index (χ2v) is 7.62. The minimum atomic E-state index is -3.25. The van der Waals surface area contributed by atoms with Gasteiger partial charge < -0.3 is 0 Å². The van der Waals surface area contributed by atoms with Crippen molar-refractivity contribution in [3.8, 4) is 0 Å². The van der Waals surface area contributed by atoms with Crippen molar-refractivity contribution in [3.63, 3.8) is 0 Å². The lowest BCUT2D eigenvalue weighted by Crippen LogP contribution is -2.42. The molecule has 0 bridgehead atoms. The number of benzene rings is 1. The zero-order valence-electron chi connectivity index (χ0n) is 12.4. The second kappa shape index (κ2) is 6.72. The van der Waals surface area contributed by atoms with E-state index < -0.39 is 10.0 Å². The average molecular weight is 295 g/mol. The smallest absolute Gasteiger partial charge is 0.212 e. The third-order valence-electron chi connectivity index (χ3n) is 4.37. The van der Waals surface area contributed by atoms with Crippen LogP contribution in [0.3, 0.4) is 0 Å². The highest BCUT2D eigenvalue weighted by atomic mass is 32.2. The number of aryl methyl sites for hydroxylation is 1. The quantitative estimate of drug-likeness (QED) is 0.905. The van der Waals surface area contributed by atoms with Gasteiger partial charge in [-0.1, -0.05) is 50.5 Å². The van der Waals surface area contributed by atoms with Gasteiger partial charge in [-0.2, -0.15) is 0 Å². The van der Waals surface area contributed by atoms with Gasteiger partial charge in [0.25, 0.3) is 0 Å². The highest BCUT2D eigenvalue weighted by molar-refractivity contribution is 7.88. The Balaban J connectivity index is 2.05. The summed E-state index contributed by atoms with van der Waals surface area (Å²) in [5.74, 6) is 0.586. The minimum Gasteiger partial charge on any atom is -0.212 e. The molecule has 0 aromatic heterocycles. The molecule has 3 nitrogen and oxygen atoms in total. The van der Waals surface area contributed by atoms with Crippen molar-refractivity contribution >= 4 is 10.0 Å². The van der Waals surface area contributed by atoms with Crippen molar-refractivity contribution in [1.82, 2.24) is 4.72 Å². The highest BCUT2D eigenvalue weighted by Gasteiger charge is 2.27. The Morgan fingerprint density at radius 2 is 1.90 bits per heavy atom. The van der Waals surface area contributed by atoms with E-state index in [2.05, 4.69) is 11.6 Å². The Kier molecular flexibility index (Phi) is 5.22. The van der Waals surface area contributed by atoms with Gasteiger partial charge >= 0.3 is 0 Å². The molecule has 0 aliphatic heterocycles. The van der Waals surface area contributed by atoms with Crippen molar-refractivity contribution in [2.45, 2.75) is 57.7 Å². The van der Waals surface area contributed by atoms with Crippen LogP contribution in [0.25, 0.3) is 0 Å². The SMILES string of the molecule is CCC1CCCCC1NS(=O)(=O)Cc1ccccc1C. The molecular weight excluding hydrogens is 270 g/mol. The zero-order valence-corrected chi connectivity index (χ0v) is 13.2. The largest absolute Gasteiger partial charge is 0.216 e. The second-order valence-electron chi connectivity index (χ2n) is 5.86. The molecule has 0 spiro atoms. The van der Waals surface area contributed by atoms with Gasteiger partial charge in [0.15, 0.2) is 0 Å². The van der Waals surface area contributed by atoms with Gasteiger partial charge in [-0.15, -0.1) is 0 Å². The van der Waals surface area contributed by atoms with Crippen molar-refractivity contribution in [3.05, 3.63) is 35.4 Å². The van der Waals surface area contributed by atoms with E-state index in [-0.39, 0.29) is 11.8 Å². The molecular formula is C16H25NO2S. The lowest BCUT2D eigenvalue weighted by molar-refractivity contribution is 0.282. The summed E-state index contributed by atoms with van der Waals surface area (Å²) < 4.78 is 27.7. The predicted octanol–water partition coefficient (Wildman–Crippen LogP) is 3.38. The topological polar surface area (TPSA) is 46.2 Å². The first kappa shape index (κ1) is 15.5. The molecule has 0 amide bonds. The first-order valence-electron chi connectivity index (χ1n) is 7.56. The van der Waals surface area contributed by atoms with E-state index in [0.29, 0.717) is 5.92 Å². The van der Waals surface area contributed by atoms with Crippen LogP contribution in [-0.2, 0) is 15.8 Å². The third kappa shape index (κ3) is 4.06. The van der Waals surface area contributed by atoms with Crippen LogP contribution in [0.2, 0.25) is 0 Å². The van der Waals surface area contributed by atoms with Crippen LogP contribution in [0.5, 0.6) is 0 Å². The Labute approximate surface area is 122 Å². The van der Waals surface area contributed by atoms with E-state index in [1.807, 2.05) is 31.2 Å². The van der Waals surface area contributed by atoms with Crippen LogP contribution >= 0.6 is 0 Å². The Bertz CT molecular complexity index is 539. The van der Waals surface area contributed by atoms with Gasteiger partial charge in [0.05, 0.1) is 5.75 Å². The maximum Gasteiger partial charge on any atom is 0.216 e. The number of hydrogen-bond donors (Lipinski definition) is 1. The highest BCUT2D eigenvalue weighted by Crippen LogP contribution is 2.27. The van der Waals surface area contributed by atoms with Gasteiger partial charge in [-0.05, 0) is 36.8 Å². The van der Waals surface area contributed by atoms with Crippen LogP contribution < -0.4 is 4.72 Å². The molecule has 0 radical (unpaired) electrons. The average Bonchev–Trinajstić information content (AvgIpc) is 2.41. The zero-order chi connectivity index (χ0) is 14.6. The van der Waals surface area contributed by atoms with Crippen LogP contribution in [-0.4, -0.2) is 14.5 Å². The molecule has 1 aromatic rings. The van der Waals surface area contributed by atoms with Crippen LogP contribution in [0.4, 0.5) is 0 Å². The molecule has 1 aliphatic carbocycles. The molecule has 2 rings (SSSR count). The summed E-state index contributed by atoms with van der Waals surface area (Å²) in [4.78, 5) is 0. The summed E-state index contributed by atoms with van der Waals surface area (Å²) in [5, 5.41) is 0. The van der Waals surface area contributed by atoms with E-state index in [0.717, 1.165) is 36.8 Å². The summed E-state index contributed by atoms with van der Waals surface area (Å²) in [6.07, 6.45) is 5.54. The predicted molar refractivity (Wildman–Crippen MR) is 83.0 cm³/mol. The molecule has 1 fully saturated rings. The number of hydrogen-bond acceptors (Lipinski definition) is 2. The first-order valence-corrected chi connectivity index (χ1v) is 9.21. The van der Waals surface area contributed by atoms with E-state index in [9.17, 15) is 8.42 Å². The molecule has 0 heterocycles. The fraction of sp³-hybridized carbons (Fsp3) is 0.625. The molecule has 1 aromatic carbocycles. The van der Waals surface area contributed by atoms with E-state index in [1.54, 1.807) is 0 Å². The van der Waals surface area contributed by atoms with Gasteiger partial charge in [0.1, 0.15) is 0 Å². The lowest BCUT2D eigenvalue weighted by atomic mass is 9.83. The van der Waals surface area contributed by atoms with Gasteiger partial charge in [-0.25, -0.2) is 13.1 Å². The maximum atomic E-state index is 12.4. The van der Waals surface area contributed by atoms with Crippen LogP contribution in [0, 0.1) is 12.8 Å². The summed E-state index contributed by atoms with van der Waals surface area (Å²) in [6.45, 7) is 4.11. The standard InChI is InChI=1S/C16H25NO2S/c1-3-14-9-6-7-11-16(14)17-20(18,19)12-15-10-5-4-8-13(15)2/h4-5,8,10,14,16-17H,3,6-7,9,11-12H2,1-2H3. The van der Waals surface area contributed by atoms with E-state index >= 15 is 0 Å². The normalized spacial score (nSPS) is 23.7. The van der Waals surface area contributed by atoms with Crippen molar-refractivity contribution in [2.24, 2.45) is 5.92 Å². The van der Waals surface area contributed by atoms with Gasteiger partial charge in [0, 0.05) is 6.04 Å². The molecule has 0 saturated heterocycles. The molecule has 1 aliphatic rings. The van der Waals surface area contributed by atoms with Crippen LogP contribution in [0.15, 0.2) is 24.3 Å². The number of nitrogens with one attached hydrogen (secondary N) is 1. The minimum absolute atomic E-state index is 0.0899. The summed E-state index contributed by atoms with van der Waals surface area (Å²) in [7, 11) is -3.25. The first-order chi connectivity index (χ1) is 9.52. The molecule has 1 saturated carbocycles. The van der Waals surface area contributed by atoms with Crippen molar-refractivity contribution in [1.29, 1.82) is 0 Å². The summed E-state index contributed by atoms with van der Waals surface area (Å²) in [5.41, 5.74) is 1.93. The third-order valence-corrected chi connectivity index (χ3v) is 5.72. The van der Waals surface area contributed by atoms with E-state index in [4.69, 9.17) is 0 Å². The van der Waals surface area contributed by atoms with Crippen molar-refractivity contribution in [2.75, 3.05) is 0 Å². The summed E-state index contributed by atoms with van der Waals surface area (Å²) >= 11 is 0. The Morgan fingerprint density at radius 1 is 1.20 bits per heavy atom. The summed E-state index contributed by atoms with van der Waals surface area (Å²) in [6, 6.07) is 7.82. The molecule has 4 heteroatoms. The number of rotatable bonds is 5.